The van der Waals surface area contributed by atoms with Crippen LogP contribution in [0.4, 0.5) is 0 Å². The van der Waals surface area contributed by atoms with Crippen molar-refractivity contribution < 1.29 is 4.74 Å². The Morgan fingerprint density at radius 1 is 1.42 bits per heavy atom. The van der Waals surface area contributed by atoms with Gasteiger partial charge in [-0.15, -0.1) is 0 Å². The van der Waals surface area contributed by atoms with Crippen molar-refractivity contribution in [2.75, 3.05) is 13.2 Å². The highest BCUT2D eigenvalue weighted by atomic mass is 16.5. The van der Waals surface area contributed by atoms with Gasteiger partial charge in [-0.05, 0) is 38.0 Å². The van der Waals surface area contributed by atoms with E-state index in [4.69, 9.17) is 10.5 Å². The van der Waals surface area contributed by atoms with E-state index in [1.54, 1.807) is 0 Å². The van der Waals surface area contributed by atoms with Crippen LogP contribution >= 0.6 is 0 Å². The van der Waals surface area contributed by atoms with E-state index in [2.05, 4.69) is 0 Å². The highest BCUT2D eigenvalue weighted by Gasteiger charge is 2.62. The molecule has 2 aliphatic rings. The molecule has 2 heteroatoms. The summed E-state index contributed by atoms with van der Waals surface area (Å²) in [7, 11) is 0. The summed E-state index contributed by atoms with van der Waals surface area (Å²) in [6.45, 7) is 3.72. The summed E-state index contributed by atoms with van der Waals surface area (Å²) < 4.78 is 5.33. The minimum atomic E-state index is 0.188. The molecule has 0 spiro atoms. The van der Waals surface area contributed by atoms with Crippen LogP contribution in [-0.2, 0) is 4.74 Å². The quantitative estimate of drug-likeness (QED) is 0.648. The molecule has 0 aromatic carbocycles. The van der Waals surface area contributed by atoms with Crippen molar-refractivity contribution in [1.82, 2.24) is 0 Å². The minimum Gasteiger partial charge on any atom is -0.382 e. The number of hydrogen-bond donors (Lipinski definition) is 1. The zero-order valence-corrected chi connectivity index (χ0v) is 7.88. The molecule has 2 unspecified atom stereocenters. The smallest absolute Gasteiger partial charge is 0.0483 e. The van der Waals surface area contributed by atoms with Gasteiger partial charge in [-0.3, -0.25) is 0 Å². The van der Waals surface area contributed by atoms with E-state index in [-0.39, 0.29) is 5.54 Å². The third-order valence-corrected chi connectivity index (χ3v) is 3.67. The van der Waals surface area contributed by atoms with Crippen LogP contribution in [0.25, 0.3) is 0 Å². The SMILES string of the molecule is CCOCCC1(N)C2CCCC21. The molecule has 0 aliphatic heterocycles. The highest BCUT2D eigenvalue weighted by molar-refractivity contribution is 5.18. The van der Waals surface area contributed by atoms with E-state index < -0.39 is 0 Å². The average molecular weight is 169 g/mol. The lowest BCUT2D eigenvalue weighted by Gasteiger charge is -2.14. The molecule has 0 radical (unpaired) electrons. The van der Waals surface area contributed by atoms with Crippen molar-refractivity contribution >= 4 is 0 Å². The Bertz CT molecular complexity index is 159. The molecular weight excluding hydrogens is 150 g/mol. The largest absolute Gasteiger partial charge is 0.382 e. The summed E-state index contributed by atoms with van der Waals surface area (Å²) in [5.41, 5.74) is 6.44. The monoisotopic (exact) mass is 169 g/mol. The third-order valence-electron chi connectivity index (χ3n) is 3.67. The van der Waals surface area contributed by atoms with Gasteiger partial charge in [0.1, 0.15) is 0 Å². The first kappa shape index (κ1) is 8.52. The van der Waals surface area contributed by atoms with Gasteiger partial charge in [0, 0.05) is 18.8 Å². The fourth-order valence-corrected chi connectivity index (χ4v) is 2.89. The molecule has 0 heterocycles. The number of rotatable bonds is 4. The van der Waals surface area contributed by atoms with Crippen LogP contribution in [-0.4, -0.2) is 18.8 Å². The maximum absolute atomic E-state index is 6.26. The van der Waals surface area contributed by atoms with Crippen molar-refractivity contribution in [1.29, 1.82) is 0 Å². The normalized spacial score (nSPS) is 44.5. The number of nitrogens with two attached hydrogens (primary N) is 1. The first-order chi connectivity index (χ1) is 5.79. The Morgan fingerprint density at radius 2 is 2.08 bits per heavy atom. The second kappa shape index (κ2) is 3.00. The molecule has 2 fully saturated rings. The van der Waals surface area contributed by atoms with Gasteiger partial charge < -0.3 is 10.5 Å². The van der Waals surface area contributed by atoms with Gasteiger partial charge in [0.15, 0.2) is 0 Å². The minimum absolute atomic E-state index is 0.188. The van der Waals surface area contributed by atoms with Gasteiger partial charge >= 0.3 is 0 Å². The lowest BCUT2D eigenvalue weighted by atomic mass is 10.0. The van der Waals surface area contributed by atoms with Crippen molar-refractivity contribution in [2.45, 2.75) is 38.1 Å². The number of ether oxygens (including phenoxy) is 1. The summed E-state index contributed by atoms with van der Waals surface area (Å²) in [5, 5.41) is 0. The van der Waals surface area contributed by atoms with Crippen LogP contribution < -0.4 is 5.73 Å². The molecule has 0 bridgehead atoms. The molecule has 0 saturated heterocycles. The van der Waals surface area contributed by atoms with Crippen molar-refractivity contribution in [3.63, 3.8) is 0 Å². The fourth-order valence-electron chi connectivity index (χ4n) is 2.89. The summed E-state index contributed by atoms with van der Waals surface area (Å²) in [4.78, 5) is 0. The Balaban J connectivity index is 1.74. The molecule has 0 aromatic heterocycles. The lowest BCUT2D eigenvalue weighted by Crippen LogP contribution is -2.30. The molecule has 2 rings (SSSR count). The molecule has 2 atom stereocenters. The first-order valence-corrected chi connectivity index (χ1v) is 5.15. The van der Waals surface area contributed by atoms with Gasteiger partial charge in [0.2, 0.25) is 0 Å². The van der Waals surface area contributed by atoms with Crippen molar-refractivity contribution in [3.05, 3.63) is 0 Å². The van der Waals surface area contributed by atoms with Gasteiger partial charge in [-0.25, -0.2) is 0 Å². The van der Waals surface area contributed by atoms with Gasteiger partial charge in [0.05, 0.1) is 0 Å². The molecule has 2 nitrogen and oxygen atoms in total. The predicted octanol–water partition coefficient (Wildman–Crippen LogP) is 1.54. The second-order valence-corrected chi connectivity index (χ2v) is 4.20. The first-order valence-electron chi connectivity index (χ1n) is 5.15. The predicted molar refractivity (Wildman–Crippen MR) is 48.9 cm³/mol. The summed E-state index contributed by atoms with van der Waals surface area (Å²) in [6.07, 6.45) is 5.22. The lowest BCUT2D eigenvalue weighted by molar-refractivity contribution is 0.134. The Kier molecular flexibility index (Phi) is 2.13. The van der Waals surface area contributed by atoms with E-state index in [1.165, 1.54) is 19.3 Å². The maximum Gasteiger partial charge on any atom is 0.0483 e. The molecule has 2 saturated carbocycles. The molecule has 12 heavy (non-hydrogen) atoms. The maximum atomic E-state index is 6.26. The van der Waals surface area contributed by atoms with Crippen LogP contribution in [0.1, 0.15) is 32.6 Å². The molecule has 2 N–H and O–H groups in total. The fraction of sp³-hybridized carbons (Fsp3) is 1.00. The third kappa shape index (κ3) is 1.17. The zero-order valence-electron chi connectivity index (χ0n) is 7.88. The van der Waals surface area contributed by atoms with E-state index in [0.29, 0.717) is 0 Å². The van der Waals surface area contributed by atoms with Crippen molar-refractivity contribution in [2.24, 2.45) is 17.6 Å². The van der Waals surface area contributed by atoms with E-state index in [1.807, 2.05) is 6.92 Å². The number of fused-ring (bicyclic) bond motifs is 1. The molecule has 0 aromatic rings. The number of hydrogen-bond acceptors (Lipinski definition) is 2. The topological polar surface area (TPSA) is 35.2 Å². The zero-order chi connectivity index (χ0) is 8.60. The summed E-state index contributed by atoms with van der Waals surface area (Å²) in [6, 6.07) is 0. The van der Waals surface area contributed by atoms with Crippen LogP contribution in [0.5, 0.6) is 0 Å². The standard InChI is InChI=1S/C10H19NO/c1-2-12-7-6-10(11)8-4-3-5-9(8)10/h8-9H,2-7,11H2,1H3. The second-order valence-electron chi connectivity index (χ2n) is 4.20. The summed E-state index contributed by atoms with van der Waals surface area (Å²) in [5.74, 6) is 1.69. The van der Waals surface area contributed by atoms with Crippen LogP contribution in [0.15, 0.2) is 0 Å². The molecule has 0 amide bonds. The van der Waals surface area contributed by atoms with Crippen LogP contribution in [0.3, 0.4) is 0 Å². The van der Waals surface area contributed by atoms with E-state index in [0.717, 1.165) is 31.5 Å². The Hall–Kier alpha value is -0.0800. The van der Waals surface area contributed by atoms with Gasteiger partial charge in [-0.2, -0.15) is 0 Å². The van der Waals surface area contributed by atoms with Crippen molar-refractivity contribution in [3.8, 4) is 0 Å². The highest BCUT2D eigenvalue weighted by Crippen LogP contribution is 2.60. The Morgan fingerprint density at radius 3 is 2.67 bits per heavy atom. The Labute approximate surface area is 74.5 Å². The molecule has 70 valence electrons. The average Bonchev–Trinajstić information content (AvgIpc) is 2.54. The van der Waals surface area contributed by atoms with Crippen LogP contribution in [0, 0.1) is 11.8 Å². The summed E-state index contributed by atoms with van der Waals surface area (Å²) >= 11 is 0. The van der Waals surface area contributed by atoms with Crippen LogP contribution in [0.2, 0.25) is 0 Å². The molecule has 2 aliphatic carbocycles. The van der Waals surface area contributed by atoms with E-state index >= 15 is 0 Å². The molecular formula is C10H19NO. The van der Waals surface area contributed by atoms with E-state index in [9.17, 15) is 0 Å². The van der Waals surface area contributed by atoms with Gasteiger partial charge in [0.25, 0.3) is 0 Å². The van der Waals surface area contributed by atoms with Gasteiger partial charge in [-0.1, -0.05) is 6.42 Å².